The molecule has 12 heteroatoms. The minimum Gasteiger partial charge on any atom is -0.476 e. The van der Waals surface area contributed by atoms with E-state index < -0.39 is 34.7 Å². The van der Waals surface area contributed by atoms with Gasteiger partial charge in [0.25, 0.3) is 5.91 Å². The van der Waals surface area contributed by atoms with Crippen LogP contribution >= 0.6 is 0 Å². The largest absolute Gasteiger partial charge is 0.476 e. The maximum atomic E-state index is 14.5. The molecule has 2 aliphatic heterocycles. The SMILES string of the molecule is COCCCN1C(=O)C(C)(C)Oc2ccc(N(C(=O)C3CC(C(=O)NC(C)(C)COC)CN(C(=O)OC(C)(C)C)C3)C3CC3)cc21. The number of piperidine rings is 1. The molecule has 3 aliphatic rings. The van der Waals surface area contributed by atoms with Gasteiger partial charge in [-0.2, -0.15) is 0 Å². The first-order valence-electron chi connectivity index (χ1n) is 16.2. The number of ether oxygens (including phenoxy) is 4. The van der Waals surface area contributed by atoms with Crippen LogP contribution in [0.15, 0.2) is 18.2 Å². The van der Waals surface area contributed by atoms with E-state index in [4.69, 9.17) is 18.9 Å². The van der Waals surface area contributed by atoms with Crippen molar-refractivity contribution in [3.63, 3.8) is 0 Å². The summed E-state index contributed by atoms with van der Waals surface area (Å²) >= 11 is 0. The number of nitrogens with one attached hydrogen (secondary N) is 1. The first kappa shape index (κ1) is 35.5. The van der Waals surface area contributed by atoms with Crippen LogP contribution in [0.5, 0.6) is 5.75 Å². The molecule has 4 amide bonds. The van der Waals surface area contributed by atoms with Gasteiger partial charge in [0.1, 0.15) is 11.4 Å². The molecule has 0 spiro atoms. The summed E-state index contributed by atoms with van der Waals surface area (Å²) in [5.41, 5.74) is -1.15. The number of hydrogen-bond donors (Lipinski definition) is 1. The van der Waals surface area contributed by atoms with Gasteiger partial charge in [-0.1, -0.05) is 0 Å². The van der Waals surface area contributed by atoms with Crippen LogP contribution in [0.3, 0.4) is 0 Å². The van der Waals surface area contributed by atoms with Gasteiger partial charge in [0.15, 0.2) is 5.60 Å². The van der Waals surface area contributed by atoms with Crippen LogP contribution in [0.4, 0.5) is 16.2 Å². The first-order valence-corrected chi connectivity index (χ1v) is 16.2. The normalized spacial score (nSPS) is 21.3. The van der Waals surface area contributed by atoms with Gasteiger partial charge in [-0.05, 0) is 92.3 Å². The van der Waals surface area contributed by atoms with Crippen molar-refractivity contribution < 1.29 is 38.1 Å². The Hall–Kier alpha value is -3.38. The molecule has 1 aromatic carbocycles. The number of likely N-dealkylation sites (tertiary alicyclic amines) is 1. The molecular formula is C34H52N4O8. The summed E-state index contributed by atoms with van der Waals surface area (Å²) in [5.74, 6) is -1.28. The lowest BCUT2D eigenvalue weighted by Gasteiger charge is -2.41. The highest BCUT2D eigenvalue weighted by molar-refractivity contribution is 6.04. The van der Waals surface area contributed by atoms with Crippen LogP contribution in [0.1, 0.15) is 74.1 Å². The van der Waals surface area contributed by atoms with Gasteiger partial charge in [0.05, 0.1) is 29.7 Å². The second kappa shape index (κ2) is 13.8. The lowest BCUT2D eigenvalue weighted by atomic mass is 9.86. The number of carbonyl (C=O) groups is 4. The van der Waals surface area contributed by atoms with Crippen LogP contribution < -0.4 is 19.9 Å². The smallest absolute Gasteiger partial charge is 0.410 e. The van der Waals surface area contributed by atoms with Crippen molar-refractivity contribution in [2.75, 3.05) is 56.9 Å². The highest BCUT2D eigenvalue weighted by Gasteiger charge is 2.45. The van der Waals surface area contributed by atoms with Crippen molar-refractivity contribution in [1.82, 2.24) is 10.2 Å². The second-order valence-electron chi connectivity index (χ2n) is 14.8. The number of amides is 4. The molecule has 0 radical (unpaired) electrons. The fourth-order valence-electron chi connectivity index (χ4n) is 6.12. The first-order chi connectivity index (χ1) is 21.5. The molecule has 46 heavy (non-hydrogen) atoms. The van der Waals surface area contributed by atoms with Crippen molar-refractivity contribution in [3.8, 4) is 5.75 Å². The average molecular weight is 645 g/mol. The maximum absolute atomic E-state index is 14.5. The monoisotopic (exact) mass is 644 g/mol. The molecule has 2 heterocycles. The maximum Gasteiger partial charge on any atom is 0.410 e. The Morgan fingerprint density at radius 2 is 1.72 bits per heavy atom. The van der Waals surface area contributed by atoms with Crippen molar-refractivity contribution in [1.29, 1.82) is 0 Å². The van der Waals surface area contributed by atoms with E-state index >= 15 is 0 Å². The average Bonchev–Trinajstić information content (AvgIpc) is 3.79. The zero-order valence-electron chi connectivity index (χ0n) is 28.9. The molecule has 1 N–H and O–H groups in total. The number of nitrogens with zero attached hydrogens (tertiary/aromatic N) is 3. The molecule has 1 aromatic rings. The van der Waals surface area contributed by atoms with Crippen LogP contribution in [0.2, 0.25) is 0 Å². The van der Waals surface area contributed by atoms with E-state index in [-0.39, 0.29) is 43.3 Å². The summed E-state index contributed by atoms with van der Waals surface area (Å²) in [6, 6.07) is 5.48. The quantitative estimate of drug-likeness (QED) is 0.357. The van der Waals surface area contributed by atoms with Crippen LogP contribution in [0.25, 0.3) is 0 Å². The number of benzene rings is 1. The second-order valence-corrected chi connectivity index (χ2v) is 14.8. The predicted molar refractivity (Wildman–Crippen MR) is 174 cm³/mol. The minimum absolute atomic E-state index is 0.0195. The Bertz CT molecular complexity index is 1300. The van der Waals surface area contributed by atoms with Crippen LogP contribution in [-0.4, -0.2) is 98.6 Å². The molecule has 1 saturated heterocycles. The summed E-state index contributed by atoms with van der Waals surface area (Å²) in [6.45, 7) is 14.1. The van der Waals surface area contributed by atoms with Gasteiger partial charge in [-0.3, -0.25) is 14.4 Å². The van der Waals surface area contributed by atoms with E-state index in [9.17, 15) is 19.2 Å². The number of methoxy groups -OCH3 is 2. The third-order valence-corrected chi connectivity index (χ3v) is 8.31. The fourth-order valence-corrected chi connectivity index (χ4v) is 6.12. The van der Waals surface area contributed by atoms with Gasteiger partial charge in [-0.25, -0.2) is 4.79 Å². The molecule has 0 bridgehead atoms. The molecule has 2 fully saturated rings. The molecule has 12 nitrogen and oxygen atoms in total. The standard InChI is InChI=1S/C34H52N4O8/c1-32(2,3)46-31(42)36-19-22(28(39)35-33(4,5)21-44-9)17-23(20-36)29(40)38(24-11-12-24)25-13-14-27-26(18-25)37(15-10-16-43-8)30(41)34(6,7)45-27/h13-14,18,22-24H,10-12,15-17,19-21H2,1-9H3,(H,35,39). The topological polar surface area (TPSA) is 127 Å². The molecule has 0 aromatic heterocycles. The summed E-state index contributed by atoms with van der Waals surface area (Å²) in [7, 11) is 3.20. The number of fused-ring (bicyclic) bond motifs is 1. The molecule has 256 valence electrons. The summed E-state index contributed by atoms with van der Waals surface area (Å²) < 4.78 is 22.3. The lowest BCUT2D eigenvalue weighted by molar-refractivity contribution is -0.133. The molecule has 2 atom stereocenters. The zero-order valence-corrected chi connectivity index (χ0v) is 28.9. The fraction of sp³-hybridized carbons (Fsp3) is 0.706. The Labute approximate surface area is 273 Å². The highest BCUT2D eigenvalue weighted by Crippen LogP contribution is 2.43. The number of rotatable bonds is 11. The van der Waals surface area contributed by atoms with Crippen molar-refractivity contribution in [2.24, 2.45) is 11.8 Å². The Morgan fingerprint density at radius 1 is 1.04 bits per heavy atom. The minimum atomic E-state index is -1.03. The van der Waals surface area contributed by atoms with Gasteiger partial charge >= 0.3 is 6.09 Å². The van der Waals surface area contributed by atoms with Gasteiger partial charge in [0, 0.05) is 52.2 Å². The molecular weight excluding hydrogens is 592 g/mol. The van der Waals surface area contributed by atoms with E-state index in [0.29, 0.717) is 43.3 Å². The van der Waals surface area contributed by atoms with Crippen LogP contribution in [0, 0.1) is 11.8 Å². The molecule has 4 rings (SSSR count). The summed E-state index contributed by atoms with van der Waals surface area (Å²) in [4.78, 5) is 59.7. The van der Waals surface area contributed by atoms with E-state index in [1.807, 2.05) is 32.0 Å². The predicted octanol–water partition coefficient (Wildman–Crippen LogP) is 4.14. The number of carbonyl (C=O) groups excluding carboxylic acids is 4. The Balaban J connectivity index is 1.65. The van der Waals surface area contributed by atoms with E-state index in [0.717, 1.165) is 12.8 Å². The van der Waals surface area contributed by atoms with Gasteiger partial charge < -0.3 is 39.0 Å². The zero-order chi connectivity index (χ0) is 34.0. The third kappa shape index (κ3) is 8.50. The van der Waals surface area contributed by atoms with Crippen molar-refractivity contribution >= 4 is 35.2 Å². The van der Waals surface area contributed by atoms with Crippen molar-refractivity contribution in [2.45, 2.75) is 96.9 Å². The van der Waals surface area contributed by atoms with E-state index in [1.165, 1.54) is 4.90 Å². The third-order valence-electron chi connectivity index (χ3n) is 8.31. The lowest BCUT2D eigenvalue weighted by Crippen LogP contribution is -2.56. The van der Waals surface area contributed by atoms with Gasteiger partial charge in [0.2, 0.25) is 11.8 Å². The highest BCUT2D eigenvalue weighted by atomic mass is 16.6. The Kier molecular flexibility index (Phi) is 10.6. The van der Waals surface area contributed by atoms with Crippen LogP contribution in [-0.2, 0) is 28.6 Å². The molecule has 1 aliphatic carbocycles. The molecule has 1 saturated carbocycles. The summed E-state index contributed by atoms with van der Waals surface area (Å²) in [5, 5.41) is 3.03. The van der Waals surface area contributed by atoms with E-state index in [1.54, 1.807) is 58.6 Å². The van der Waals surface area contributed by atoms with E-state index in [2.05, 4.69) is 5.32 Å². The summed E-state index contributed by atoms with van der Waals surface area (Å²) in [6.07, 6.45) is 2.03. The van der Waals surface area contributed by atoms with Crippen molar-refractivity contribution in [3.05, 3.63) is 18.2 Å². The number of hydrogen-bond acceptors (Lipinski definition) is 8. The number of anilines is 2. The molecule has 2 unspecified atom stereocenters. The Morgan fingerprint density at radius 3 is 2.33 bits per heavy atom. The van der Waals surface area contributed by atoms with Gasteiger partial charge in [-0.15, -0.1) is 0 Å².